The van der Waals surface area contributed by atoms with Crippen molar-refractivity contribution < 1.29 is 0 Å². The average Bonchev–Trinajstić information content (AvgIpc) is 3.09. The molecule has 0 bridgehead atoms. The third-order valence-corrected chi connectivity index (χ3v) is 3.56. The fourth-order valence-electron chi connectivity index (χ4n) is 2.12. The van der Waals surface area contributed by atoms with Crippen molar-refractivity contribution >= 4 is 11.6 Å². The molecular weight excluding hydrogens is 246 g/mol. The van der Waals surface area contributed by atoms with Gasteiger partial charge in [-0.3, -0.25) is 4.68 Å². The molecule has 0 amide bonds. The fourth-order valence-corrected chi connectivity index (χ4v) is 2.29. The Morgan fingerprint density at radius 3 is 2.89 bits per heavy atom. The van der Waals surface area contributed by atoms with E-state index in [1.165, 1.54) is 18.4 Å². The molecule has 1 aromatic carbocycles. The van der Waals surface area contributed by atoms with Gasteiger partial charge in [-0.2, -0.15) is 5.10 Å². The normalized spacial score (nSPS) is 15.0. The molecule has 18 heavy (non-hydrogen) atoms. The molecule has 0 unspecified atom stereocenters. The average molecular weight is 262 g/mol. The lowest BCUT2D eigenvalue weighted by atomic mass is 10.0. The SMILES string of the molecule is Cn1nccc1-c1cc(Cl)ccc1CNC1CC1. The first-order chi connectivity index (χ1) is 8.74. The molecular formula is C14H16ClN3. The summed E-state index contributed by atoms with van der Waals surface area (Å²) in [4.78, 5) is 0. The van der Waals surface area contributed by atoms with Gasteiger partial charge in [-0.25, -0.2) is 0 Å². The Balaban J connectivity index is 1.94. The van der Waals surface area contributed by atoms with E-state index in [-0.39, 0.29) is 0 Å². The van der Waals surface area contributed by atoms with Crippen LogP contribution in [0.2, 0.25) is 5.02 Å². The number of aryl methyl sites for hydroxylation is 1. The molecule has 1 aliphatic carbocycles. The summed E-state index contributed by atoms with van der Waals surface area (Å²) in [6.07, 6.45) is 4.41. The zero-order valence-corrected chi connectivity index (χ0v) is 11.1. The lowest BCUT2D eigenvalue weighted by molar-refractivity contribution is 0.687. The number of nitrogens with one attached hydrogen (secondary N) is 1. The summed E-state index contributed by atoms with van der Waals surface area (Å²) >= 11 is 6.11. The molecule has 1 aliphatic rings. The minimum atomic E-state index is 0.708. The van der Waals surface area contributed by atoms with E-state index in [4.69, 9.17) is 11.6 Å². The molecule has 4 heteroatoms. The van der Waals surface area contributed by atoms with Gasteiger partial charge in [0.1, 0.15) is 0 Å². The van der Waals surface area contributed by atoms with Crippen molar-refractivity contribution in [1.82, 2.24) is 15.1 Å². The van der Waals surface area contributed by atoms with Crippen LogP contribution >= 0.6 is 11.6 Å². The minimum Gasteiger partial charge on any atom is -0.310 e. The van der Waals surface area contributed by atoms with Crippen LogP contribution in [0.15, 0.2) is 30.5 Å². The molecule has 1 fully saturated rings. The molecule has 94 valence electrons. The standard InChI is InChI=1S/C14H16ClN3/c1-18-14(6-7-17-18)13-8-11(15)3-2-10(13)9-16-12-4-5-12/h2-3,6-8,12,16H,4-5,9H2,1H3. The van der Waals surface area contributed by atoms with Crippen LogP contribution < -0.4 is 5.32 Å². The summed E-state index contributed by atoms with van der Waals surface area (Å²) < 4.78 is 1.88. The van der Waals surface area contributed by atoms with Crippen LogP contribution in [0.1, 0.15) is 18.4 Å². The lowest BCUT2D eigenvalue weighted by Crippen LogP contribution is -2.16. The summed E-state index contributed by atoms with van der Waals surface area (Å²) in [5.74, 6) is 0. The van der Waals surface area contributed by atoms with Gasteiger partial charge in [0.2, 0.25) is 0 Å². The first kappa shape index (κ1) is 11.8. The maximum Gasteiger partial charge on any atom is 0.0682 e. The first-order valence-electron chi connectivity index (χ1n) is 6.24. The first-order valence-corrected chi connectivity index (χ1v) is 6.62. The van der Waals surface area contributed by atoms with Crippen molar-refractivity contribution in [1.29, 1.82) is 0 Å². The second-order valence-corrected chi connectivity index (χ2v) is 5.23. The summed E-state index contributed by atoms with van der Waals surface area (Å²) in [5, 5.41) is 8.53. The van der Waals surface area contributed by atoms with E-state index >= 15 is 0 Å². The maximum atomic E-state index is 6.11. The number of aromatic nitrogens is 2. The van der Waals surface area contributed by atoms with Crippen molar-refractivity contribution in [3.05, 3.63) is 41.0 Å². The largest absolute Gasteiger partial charge is 0.310 e. The Kier molecular flexibility index (Phi) is 3.10. The van der Waals surface area contributed by atoms with Gasteiger partial charge >= 0.3 is 0 Å². The zero-order chi connectivity index (χ0) is 12.5. The number of halogens is 1. The zero-order valence-electron chi connectivity index (χ0n) is 10.4. The van der Waals surface area contributed by atoms with Crippen LogP contribution in [-0.2, 0) is 13.6 Å². The number of benzene rings is 1. The molecule has 0 spiro atoms. The van der Waals surface area contributed by atoms with E-state index in [1.54, 1.807) is 0 Å². The van der Waals surface area contributed by atoms with Crippen LogP contribution in [0.3, 0.4) is 0 Å². The van der Waals surface area contributed by atoms with Crippen molar-refractivity contribution in [2.24, 2.45) is 7.05 Å². The molecule has 0 saturated heterocycles. The van der Waals surface area contributed by atoms with Gasteiger partial charge in [-0.05, 0) is 36.6 Å². The number of hydrogen-bond acceptors (Lipinski definition) is 2. The Morgan fingerprint density at radius 1 is 1.39 bits per heavy atom. The van der Waals surface area contributed by atoms with E-state index in [9.17, 15) is 0 Å². The van der Waals surface area contributed by atoms with Crippen molar-refractivity contribution in [2.75, 3.05) is 0 Å². The number of nitrogens with zero attached hydrogens (tertiary/aromatic N) is 2. The van der Waals surface area contributed by atoms with Crippen LogP contribution in [0.25, 0.3) is 11.3 Å². The Hall–Kier alpha value is -1.32. The second kappa shape index (κ2) is 4.75. The highest BCUT2D eigenvalue weighted by Crippen LogP contribution is 2.27. The van der Waals surface area contributed by atoms with Crippen LogP contribution in [-0.4, -0.2) is 15.8 Å². The third kappa shape index (κ3) is 2.42. The highest BCUT2D eigenvalue weighted by atomic mass is 35.5. The quantitative estimate of drug-likeness (QED) is 0.917. The fraction of sp³-hybridized carbons (Fsp3) is 0.357. The summed E-state index contributed by atoms with van der Waals surface area (Å²) in [6.45, 7) is 0.891. The van der Waals surface area contributed by atoms with Gasteiger partial charge in [0.05, 0.1) is 5.69 Å². The predicted octanol–water partition coefficient (Wildman–Crippen LogP) is 2.99. The molecule has 3 rings (SSSR count). The van der Waals surface area contributed by atoms with Gasteiger partial charge < -0.3 is 5.32 Å². The molecule has 3 nitrogen and oxygen atoms in total. The van der Waals surface area contributed by atoms with E-state index in [1.807, 2.05) is 36.1 Å². The molecule has 0 atom stereocenters. The molecule has 1 heterocycles. The van der Waals surface area contributed by atoms with Crippen molar-refractivity contribution in [3.63, 3.8) is 0 Å². The van der Waals surface area contributed by atoms with Crippen LogP contribution in [0.5, 0.6) is 0 Å². The van der Waals surface area contributed by atoms with E-state index in [0.29, 0.717) is 6.04 Å². The molecule has 1 aromatic heterocycles. The Morgan fingerprint density at radius 2 is 2.22 bits per heavy atom. The lowest BCUT2D eigenvalue weighted by Gasteiger charge is -2.11. The monoisotopic (exact) mass is 261 g/mol. The second-order valence-electron chi connectivity index (χ2n) is 4.80. The maximum absolute atomic E-state index is 6.11. The van der Waals surface area contributed by atoms with E-state index in [0.717, 1.165) is 22.8 Å². The molecule has 2 aromatic rings. The smallest absolute Gasteiger partial charge is 0.0682 e. The number of rotatable bonds is 4. The van der Waals surface area contributed by atoms with Gasteiger partial charge in [-0.15, -0.1) is 0 Å². The Bertz CT molecular complexity index is 558. The van der Waals surface area contributed by atoms with Crippen molar-refractivity contribution in [2.45, 2.75) is 25.4 Å². The molecule has 1 saturated carbocycles. The topological polar surface area (TPSA) is 29.9 Å². The summed E-state index contributed by atoms with van der Waals surface area (Å²) in [7, 11) is 1.95. The van der Waals surface area contributed by atoms with Gasteiger partial charge in [0, 0.05) is 36.4 Å². The Labute approximate surface area is 112 Å². The predicted molar refractivity (Wildman–Crippen MR) is 73.5 cm³/mol. The van der Waals surface area contributed by atoms with Gasteiger partial charge in [0.15, 0.2) is 0 Å². The summed E-state index contributed by atoms with van der Waals surface area (Å²) in [5.41, 5.74) is 3.54. The van der Waals surface area contributed by atoms with Crippen molar-refractivity contribution in [3.8, 4) is 11.3 Å². The highest BCUT2D eigenvalue weighted by Gasteiger charge is 2.20. The molecule has 1 N–H and O–H groups in total. The number of hydrogen-bond donors (Lipinski definition) is 1. The van der Waals surface area contributed by atoms with E-state index in [2.05, 4.69) is 16.5 Å². The van der Waals surface area contributed by atoms with Crippen LogP contribution in [0, 0.1) is 0 Å². The molecule has 0 aliphatic heterocycles. The van der Waals surface area contributed by atoms with Gasteiger partial charge in [-0.1, -0.05) is 17.7 Å². The molecule has 0 radical (unpaired) electrons. The summed E-state index contributed by atoms with van der Waals surface area (Å²) in [6, 6.07) is 8.79. The van der Waals surface area contributed by atoms with Gasteiger partial charge in [0.25, 0.3) is 0 Å². The minimum absolute atomic E-state index is 0.708. The third-order valence-electron chi connectivity index (χ3n) is 3.33. The highest BCUT2D eigenvalue weighted by molar-refractivity contribution is 6.30. The van der Waals surface area contributed by atoms with E-state index < -0.39 is 0 Å². The van der Waals surface area contributed by atoms with Crippen LogP contribution in [0.4, 0.5) is 0 Å².